The second kappa shape index (κ2) is 81.0. The summed E-state index contributed by atoms with van der Waals surface area (Å²) in [6, 6.07) is 9.06. The van der Waals surface area contributed by atoms with Gasteiger partial charge in [-0.05, 0) is 228 Å². The number of carboxylic acid groups (broad SMARTS) is 2. The van der Waals surface area contributed by atoms with E-state index in [0.717, 1.165) is 119 Å². The molecule has 0 aromatic heterocycles. The molecule has 3 unspecified atom stereocenters. The number of alkyl carbamates (subject to hydrolysis) is 2. The van der Waals surface area contributed by atoms with Crippen molar-refractivity contribution in [1.82, 2.24) is 74.9 Å². The molecule has 41 nitrogen and oxygen atoms in total. The maximum absolute atomic E-state index is 12.6. The SMILES string of the molecule is C.C.C.C.C.C.CC(NC(=O)OCC1c2ccccc2-c2ccccc21)C(=O)O.CCC(=O)C1CCC(CNC(=O)N/N=C/[C@@H](N)CC)CC1.CCC(=O)C1CCC(CNC(=O)N/N=C/[C@H](CC)NC(=O)[C@@H](NC(=O)C(C)N)C(C)C)CC1.CCC(=O)C1CCC(CNC(=O)N/N=C/[C@H](CC)NC(=O)[C@@H](NC(=O)C(C)[NH-])C(C)C)CC1.CC[C@@H](/C=N/NC(=O)NCC1CCC(C(=O)O)CC1)NC(=O)OC(C)(C)C.CN.[3H-].[K+]. The van der Waals surface area contributed by atoms with Crippen molar-refractivity contribution in [2.24, 2.45) is 96.8 Å². The minimum Gasteiger partial charge on any atom is -1.00 e. The van der Waals surface area contributed by atoms with Gasteiger partial charge in [0, 0.05) is 100 Å². The molecule has 0 bridgehead atoms. The first kappa shape index (κ1) is 147. The zero-order valence-electron chi connectivity index (χ0n) is 87.1. The van der Waals surface area contributed by atoms with Gasteiger partial charge in [0.2, 0.25) is 23.6 Å². The fourth-order valence-corrected chi connectivity index (χ4v) is 15.8. The third-order valence-corrected chi connectivity index (χ3v) is 24.5. The van der Waals surface area contributed by atoms with E-state index in [4.69, 9.17) is 36.9 Å². The molecule has 2 aromatic rings. The zero-order chi connectivity index (χ0) is 104. The van der Waals surface area contributed by atoms with Gasteiger partial charge in [-0.2, -0.15) is 20.4 Å². The van der Waals surface area contributed by atoms with E-state index >= 15 is 0 Å². The predicted molar refractivity (Wildman–Crippen MR) is 579 cm³/mol. The molecule has 0 heterocycles. The van der Waals surface area contributed by atoms with Crippen LogP contribution in [-0.4, -0.2) is 224 Å². The van der Waals surface area contributed by atoms with Gasteiger partial charge in [0.05, 0.1) is 30.1 Å². The average molecular weight is 2090 g/mol. The van der Waals surface area contributed by atoms with Crippen molar-refractivity contribution >= 4 is 114 Å². The van der Waals surface area contributed by atoms with Gasteiger partial charge >= 0.3 is 99.6 Å². The first-order valence-corrected chi connectivity index (χ1v) is 49.4. The Hall–Kier alpha value is -9.95. The van der Waals surface area contributed by atoms with Crippen molar-refractivity contribution in [1.29, 1.82) is 0 Å². The Morgan fingerprint density at radius 3 is 0.993 bits per heavy atom. The fourth-order valence-electron chi connectivity index (χ4n) is 15.8. The molecule has 146 heavy (non-hydrogen) atoms. The predicted octanol–water partition coefficient (Wildman–Crippen LogP) is 11.7. The van der Waals surface area contributed by atoms with E-state index in [1.54, 1.807) is 27.7 Å². The van der Waals surface area contributed by atoms with Crippen LogP contribution in [0.3, 0.4) is 0 Å². The third-order valence-electron chi connectivity index (χ3n) is 24.5. The van der Waals surface area contributed by atoms with Crippen molar-refractivity contribution in [3.05, 3.63) is 65.4 Å². The number of urea groups is 4. The second-order valence-electron chi connectivity index (χ2n) is 37.3. The van der Waals surface area contributed by atoms with Crippen LogP contribution < -0.4 is 143 Å². The standard InChI is InChI=1S/C23H42N6O4.C23H41N6O4.C18H32N4O5.C18H17NO4.C15H28N4O2.CH5N.6CH4.K.H/c2*1-6-18(27-22(32)20(14(3)4)28-21(31)15(5)24)13-26-29-23(33)25-12-16-8-10-17(11-9-16)19(30)7-2;1-5-14(21-17(26)27-18(2,3)4)11-20-22-16(25)19-10-12-6-8-13(9-7-12)15(23)24;1-11(17(20)21)19-18(22)23-10-16-14-8-4-2-6-12(14)13-7-3-5-9-15(13)16;1-3-13(16)10-18-19-15(21)17-9-11-5-7-12(8-6-11)14(20)4-2;1-2;;;;;;;;/h13-18,20H,6-12,24H2,1-5H3,(H,27,32)(H,28,31)(H2,25,29,33);13-18,20,24H,6-12H2,1-5H3,(H,27,32)(H,28,31)(H2,25,29,33);11-14H,5-10H2,1-4H3,(H,21,26)(H,23,24)(H2,19,22,25);2-9,11,16H,10H2,1H3,(H,19,22)(H,20,21);10-13H,3-9,16H2,1-2H3,(H2,17,19,21);2H2,1H3;6*1H4;;/q;-1;;;;;;;;;;;+1;-1/b2*26-13+;20-11+;;18-10+;;;;;;;;;/t2*15?,16?,17?,18-,20-;12?,13?,14-;;11?,12?,13-;;;;;;;;;/m000.0........./s1/i;;;;;;;;;;;;;1+2. The second-order valence-corrected chi connectivity index (χ2v) is 37.3. The van der Waals surface area contributed by atoms with E-state index in [9.17, 15) is 71.9 Å². The molecule has 9 atom stereocenters. The van der Waals surface area contributed by atoms with E-state index in [-0.39, 0.29) is 181 Å². The summed E-state index contributed by atoms with van der Waals surface area (Å²) in [5.41, 5.74) is 36.8. The third kappa shape index (κ3) is 59.3. The molecule has 5 aliphatic rings. The Kier molecular flexibility index (Phi) is 81.4. The van der Waals surface area contributed by atoms with Gasteiger partial charge in [-0.15, -0.1) is 0 Å². The molecule has 4 fully saturated rings. The number of fused-ring (bicyclic) bond motifs is 3. The number of amides is 14. The van der Waals surface area contributed by atoms with Crippen molar-refractivity contribution in [3.8, 4) is 11.1 Å². The largest absolute Gasteiger partial charge is 1.00 e. The number of rotatable bonds is 42. The topological polar surface area (TPSA) is 635 Å². The molecule has 7 rings (SSSR count). The van der Waals surface area contributed by atoms with E-state index in [1.807, 2.05) is 113 Å². The number of ketones is 3. The smallest absolute Gasteiger partial charge is 1.00 e. The summed E-state index contributed by atoms with van der Waals surface area (Å²) in [5, 5.41) is 60.3. The van der Waals surface area contributed by atoms with Gasteiger partial charge < -0.3 is 97.2 Å². The molecule has 14 amide bonds. The number of Topliss-reactive ketones (excluding diaryl/α,β-unsaturated/α-hetero) is 3. The molecule has 23 N–H and O–H groups in total. The van der Waals surface area contributed by atoms with Crippen LogP contribution in [-0.2, 0) is 52.6 Å². The monoisotopic (exact) mass is 2090 g/mol. The summed E-state index contributed by atoms with van der Waals surface area (Å²) >= 11 is 0. The normalized spacial score (nSPS) is 19.2. The van der Waals surface area contributed by atoms with Crippen molar-refractivity contribution in [2.75, 3.05) is 39.8 Å². The number of aliphatic carboxylic acids is 2. The summed E-state index contributed by atoms with van der Waals surface area (Å²) in [5.74, 6) is -0.912. The van der Waals surface area contributed by atoms with Crippen LogP contribution >= 0.6 is 0 Å². The summed E-state index contributed by atoms with van der Waals surface area (Å²) in [7, 11) is 1.50. The minimum absolute atomic E-state index is 0. The van der Waals surface area contributed by atoms with Crippen LogP contribution in [0.5, 0.6) is 0 Å². The molecular weight excluding hydrogens is 1900 g/mol. The van der Waals surface area contributed by atoms with Gasteiger partial charge in [-0.25, -0.2) is 50.5 Å². The number of carbonyl (C=O) groups is 15. The molecule has 0 saturated heterocycles. The van der Waals surface area contributed by atoms with E-state index < -0.39 is 102 Å². The molecule has 0 spiro atoms. The molecular formula is C104H190KN22O19-. The fraction of sp³-hybridized carbons (Fsp3) is 0.702. The van der Waals surface area contributed by atoms with Gasteiger partial charge in [-0.3, -0.25) is 43.2 Å². The summed E-state index contributed by atoms with van der Waals surface area (Å²) < 4.78 is 10.4. The van der Waals surface area contributed by atoms with Crippen LogP contribution in [0.1, 0.15) is 328 Å². The average Bonchev–Trinajstić information content (AvgIpc) is 1.61. The number of nitrogens with zero attached hydrogens (tertiary/aromatic N) is 4. The Morgan fingerprint density at radius 1 is 0.418 bits per heavy atom. The Bertz CT molecular complexity index is 4100. The molecule has 4 saturated carbocycles. The summed E-state index contributed by atoms with van der Waals surface area (Å²) in [6.07, 6.45) is 23.0. The van der Waals surface area contributed by atoms with Gasteiger partial charge in [0.1, 0.15) is 47.7 Å². The van der Waals surface area contributed by atoms with Gasteiger partial charge in [0.15, 0.2) is 0 Å². The van der Waals surface area contributed by atoms with Crippen LogP contribution in [0, 0.1) is 59.2 Å². The van der Waals surface area contributed by atoms with E-state index in [2.05, 4.69) is 113 Å². The summed E-state index contributed by atoms with van der Waals surface area (Å²) in [6.45, 7) is 32.7. The minimum atomic E-state index is -1.10. The van der Waals surface area contributed by atoms with Crippen molar-refractivity contribution in [2.45, 2.75) is 376 Å². The zero-order valence-corrected chi connectivity index (χ0v) is 89.3. The molecule has 832 valence electrons. The molecule has 42 heteroatoms. The Morgan fingerprint density at radius 2 is 0.719 bits per heavy atom. The number of ether oxygens (including phenoxy) is 2. The number of carboxylic acids is 2. The van der Waals surface area contributed by atoms with Crippen LogP contribution in [0.15, 0.2) is 68.9 Å². The molecule has 0 aliphatic heterocycles. The van der Waals surface area contributed by atoms with Crippen molar-refractivity contribution in [3.63, 3.8) is 0 Å². The Balaban J connectivity index is -0.000000330. The quantitative estimate of drug-likeness (QED) is 0.0167. The summed E-state index contributed by atoms with van der Waals surface area (Å²) in [4.78, 5) is 177. The number of hydrogen-bond acceptors (Lipinski definition) is 24. The number of hydrazone groups is 4. The number of benzene rings is 2. The van der Waals surface area contributed by atoms with Gasteiger partial charge in [-0.1, -0.05) is 182 Å². The number of nitrogens with two attached hydrogens (primary N) is 3. The van der Waals surface area contributed by atoms with E-state index in [1.165, 1.54) is 45.8 Å². The molecule has 5 aliphatic carbocycles. The number of carbonyl (C=O) groups excluding carboxylic acids is 13. The number of nitrogens with one attached hydrogen (secondary N) is 15. The molecule has 2 aromatic carbocycles. The first-order chi connectivity index (χ1) is 65.9. The first-order valence-electron chi connectivity index (χ1n) is 49.4. The van der Waals surface area contributed by atoms with Crippen molar-refractivity contribution < 1.29 is 144 Å². The van der Waals surface area contributed by atoms with Gasteiger partial charge in [0.25, 0.3) is 0 Å². The Labute approximate surface area is 915 Å². The van der Waals surface area contributed by atoms with Crippen LogP contribution in [0.2, 0.25) is 0 Å². The van der Waals surface area contributed by atoms with E-state index in [0.29, 0.717) is 113 Å². The molecule has 0 radical (unpaired) electrons. The maximum Gasteiger partial charge on any atom is 1.00 e. The number of hydrogen-bond donors (Lipinski definition) is 19. The van der Waals surface area contributed by atoms with Crippen LogP contribution in [0.4, 0.5) is 28.8 Å². The maximum atomic E-state index is 12.6. The van der Waals surface area contributed by atoms with Crippen LogP contribution in [0.25, 0.3) is 16.9 Å².